The second-order valence-electron chi connectivity index (χ2n) is 10.4. The van der Waals surface area contributed by atoms with Gasteiger partial charge in [-0.2, -0.15) is 0 Å². The second-order valence-corrected chi connectivity index (χ2v) is 10.4. The van der Waals surface area contributed by atoms with Crippen molar-refractivity contribution in [3.05, 3.63) is 82.2 Å². The summed E-state index contributed by atoms with van der Waals surface area (Å²) in [4.78, 5) is 0. The van der Waals surface area contributed by atoms with Crippen molar-refractivity contribution in [3.63, 3.8) is 0 Å². The lowest BCUT2D eigenvalue weighted by Gasteiger charge is -2.21. The molecule has 37 heavy (non-hydrogen) atoms. The fourth-order valence-corrected chi connectivity index (χ4v) is 2.91. The molecule has 0 bridgehead atoms. The number of aliphatic hydroxyl groups is 1. The molecule has 0 atom stereocenters. The fraction of sp³-hybridized carbons (Fsp3) is 0.515. The zero-order chi connectivity index (χ0) is 29.9. The van der Waals surface area contributed by atoms with Crippen molar-refractivity contribution in [2.24, 2.45) is 5.73 Å². The Kier molecular flexibility index (Phi) is 21.7. The molecule has 0 unspecified atom stereocenters. The summed E-state index contributed by atoms with van der Waals surface area (Å²) in [6.07, 6.45) is 8.52. The highest BCUT2D eigenvalue weighted by Crippen LogP contribution is 2.31. The molecule has 1 rings (SSSR count). The Morgan fingerprint density at radius 2 is 1.49 bits per heavy atom. The summed E-state index contributed by atoms with van der Waals surface area (Å²) in [6.45, 7) is 28.3. The first kappa shape index (κ1) is 39.0. The molecule has 0 heterocycles. The van der Waals surface area contributed by atoms with Gasteiger partial charge in [-0.15, -0.1) is 18.9 Å². The average Bonchev–Trinajstić information content (AvgIpc) is 2.78. The van der Waals surface area contributed by atoms with Crippen LogP contribution in [-0.4, -0.2) is 17.3 Å². The highest BCUT2D eigenvalue weighted by molar-refractivity contribution is 5.44. The Hall–Kier alpha value is -2.48. The van der Waals surface area contributed by atoms with E-state index in [4.69, 9.17) is 5.73 Å². The fourth-order valence-electron chi connectivity index (χ4n) is 2.91. The first-order valence-corrected chi connectivity index (χ1v) is 12.7. The van der Waals surface area contributed by atoms with Crippen molar-refractivity contribution >= 4 is 0 Å². The highest BCUT2D eigenvalue weighted by atomic mass is 19.1. The molecule has 0 radical (unpaired) electrons. The van der Waals surface area contributed by atoms with Crippen LogP contribution in [0.1, 0.15) is 110 Å². The molecule has 0 aliphatic rings. The number of nitrogens with two attached hydrogens (primary N) is 1. The summed E-state index contributed by atoms with van der Waals surface area (Å²) in [5.74, 6) is 2.82. The molecule has 1 aromatic carbocycles. The lowest BCUT2D eigenvalue weighted by atomic mass is 9.84. The van der Waals surface area contributed by atoms with Crippen LogP contribution in [0.2, 0.25) is 0 Å². The molecule has 2 nitrogen and oxygen atoms in total. The number of terminal acetylenes is 1. The summed E-state index contributed by atoms with van der Waals surface area (Å²) in [6, 6.07) is 4.05. The van der Waals surface area contributed by atoms with Crippen LogP contribution in [0.5, 0.6) is 0 Å². The largest absolute Gasteiger partial charge is 0.386 e. The Balaban J connectivity index is -0.000000523. The van der Waals surface area contributed by atoms with Crippen LogP contribution in [-0.2, 0) is 13.1 Å². The molecule has 3 N–H and O–H groups in total. The predicted octanol–water partition coefficient (Wildman–Crippen LogP) is 9.26. The van der Waals surface area contributed by atoms with Gasteiger partial charge in [0.1, 0.15) is 12.5 Å². The van der Waals surface area contributed by atoms with Crippen LogP contribution in [0.15, 0.2) is 60.0 Å². The lowest BCUT2D eigenvalue weighted by molar-refractivity contribution is 0.119. The van der Waals surface area contributed by atoms with E-state index < -0.39 is 5.60 Å². The number of alkyl halides is 1. The van der Waals surface area contributed by atoms with Crippen LogP contribution in [0.4, 0.5) is 8.78 Å². The zero-order valence-corrected chi connectivity index (χ0v) is 25.4. The molecular weight excluding hydrogens is 464 g/mol. The quantitative estimate of drug-likeness (QED) is 0.205. The number of halogens is 2. The van der Waals surface area contributed by atoms with Crippen LogP contribution < -0.4 is 5.73 Å². The number of benzene rings is 1. The monoisotopic (exact) mass is 517 g/mol. The summed E-state index contributed by atoms with van der Waals surface area (Å²) in [7, 11) is 0. The van der Waals surface area contributed by atoms with E-state index in [2.05, 4.69) is 60.1 Å². The van der Waals surface area contributed by atoms with Crippen LogP contribution in [0, 0.1) is 12.3 Å². The maximum atomic E-state index is 13.0. The van der Waals surface area contributed by atoms with Crippen LogP contribution >= 0.6 is 0 Å². The molecule has 0 aliphatic carbocycles. The third-order valence-corrected chi connectivity index (χ3v) is 5.21. The maximum absolute atomic E-state index is 13.0. The minimum Gasteiger partial charge on any atom is -0.386 e. The van der Waals surface area contributed by atoms with E-state index in [1.54, 1.807) is 47.6 Å². The average molecular weight is 518 g/mol. The molecule has 0 aliphatic heterocycles. The van der Waals surface area contributed by atoms with Crippen LogP contribution in [0.3, 0.4) is 0 Å². The Morgan fingerprint density at radius 3 is 1.70 bits per heavy atom. The van der Waals surface area contributed by atoms with Gasteiger partial charge in [0.15, 0.2) is 0 Å². The summed E-state index contributed by atoms with van der Waals surface area (Å²) in [5.41, 5.74) is 11.1. The van der Waals surface area contributed by atoms with Crippen molar-refractivity contribution in [1.82, 2.24) is 0 Å². The predicted molar refractivity (Wildman–Crippen MR) is 161 cm³/mol. The van der Waals surface area contributed by atoms with Gasteiger partial charge in [-0.25, -0.2) is 8.78 Å². The Morgan fingerprint density at radius 1 is 1.11 bits per heavy atom. The van der Waals surface area contributed by atoms with E-state index in [-0.39, 0.29) is 12.5 Å². The second kappa shape index (κ2) is 20.6. The van der Waals surface area contributed by atoms with Crippen molar-refractivity contribution < 1.29 is 13.9 Å². The molecular formula is C33H53F2NO. The van der Waals surface area contributed by atoms with E-state index in [1.807, 2.05) is 12.1 Å². The third kappa shape index (κ3) is 18.4. The van der Waals surface area contributed by atoms with E-state index in [0.717, 1.165) is 17.6 Å². The van der Waals surface area contributed by atoms with Gasteiger partial charge in [-0.3, -0.25) is 0 Å². The lowest BCUT2D eigenvalue weighted by Crippen LogP contribution is -2.19. The third-order valence-electron chi connectivity index (χ3n) is 5.21. The Labute approximate surface area is 227 Å². The molecule has 0 saturated carbocycles. The molecule has 0 amide bonds. The molecule has 0 spiro atoms. The van der Waals surface area contributed by atoms with Gasteiger partial charge in [-0.05, 0) is 106 Å². The van der Waals surface area contributed by atoms with Gasteiger partial charge in [0, 0.05) is 6.54 Å². The van der Waals surface area contributed by atoms with Crippen molar-refractivity contribution in [1.29, 1.82) is 0 Å². The molecule has 4 heteroatoms. The minimum atomic E-state index is -0.938. The van der Waals surface area contributed by atoms with Gasteiger partial charge in [0.2, 0.25) is 0 Å². The van der Waals surface area contributed by atoms with Crippen molar-refractivity contribution in [3.8, 4) is 12.3 Å². The number of rotatable bonds is 8. The number of hydrogen-bond acceptors (Lipinski definition) is 2. The first-order valence-electron chi connectivity index (χ1n) is 12.7. The zero-order valence-electron chi connectivity index (χ0n) is 25.4. The molecule has 210 valence electrons. The SMILES string of the molecule is C#CC.C=C(C)Cc1c(C(C)C)cc(CF)cc1C(C)C.C=CCN.CC(C)=C(F)/C=C(\C)C(C)(C)O. The number of hydrogen-bond donors (Lipinski definition) is 2. The summed E-state index contributed by atoms with van der Waals surface area (Å²) >= 11 is 0. The van der Waals surface area contributed by atoms with Crippen molar-refractivity contribution in [2.45, 2.75) is 107 Å². The standard InChI is InChI=1S/C17H25F.C10H17FO.C3H7N.C3H4/c1-11(2)7-17-15(12(3)4)8-14(10-18)9-16(17)13(5)6;1-7(2)9(11)6-8(3)10(4,5)12;1-2-3-4;1-3-2/h8-9,12-13H,1,7,10H2,2-6H3;6,12H,1-5H3;2H,1,3-4H2;1H,2H3/b;8-6+;;. The van der Waals surface area contributed by atoms with Gasteiger partial charge >= 0.3 is 0 Å². The van der Waals surface area contributed by atoms with Gasteiger partial charge in [-0.1, -0.05) is 58.1 Å². The van der Waals surface area contributed by atoms with Gasteiger partial charge in [0.25, 0.3) is 0 Å². The first-order chi connectivity index (χ1) is 16.9. The maximum Gasteiger partial charge on any atom is 0.121 e. The van der Waals surface area contributed by atoms with E-state index >= 15 is 0 Å². The molecule has 0 saturated heterocycles. The van der Waals surface area contributed by atoms with Gasteiger partial charge in [0.05, 0.1) is 5.60 Å². The molecule has 1 aromatic rings. The molecule has 0 fully saturated rings. The van der Waals surface area contributed by atoms with Gasteiger partial charge < -0.3 is 10.8 Å². The Bertz CT molecular complexity index is 890. The number of allylic oxidation sites excluding steroid dienone is 4. The van der Waals surface area contributed by atoms with Crippen LogP contribution in [0.25, 0.3) is 0 Å². The topological polar surface area (TPSA) is 46.2 Å². The normalized spacial score (nSPS) is 10.6. The summed E-state index contributed by atoms with van der Waals surface area (Å²) < 4.78 is 26.0. The molecule has 0 aromatic heterocycles. The van der Waals surface area contributed by atoms with E-state index in [9.17, 15) is 13.9 Å². The van der Waals surface area contributed by atoms with Crippen molar-refractivity contribution in [2.75, 3.05) is 6.54 Å². The summed E-state index contributed by atoms with van der Waals surface area (Å²) in [5, 5.41) is 9.46. The van der Waals surface area contributed by atoms with E-state index in [1.165, 1.54) is 22.8 Å². The smallest absolute Gasteiger partial charge is 0.121 e. The minimum absolute atomic E-state index is 0.269. The highest BCUT2D eigenvalue weighted by Gasteiger charge is 2.16. The van der Waals surface area contributed by atoms with E-state index in [0.29, 0.717) is 29.5 Å².